The molecule has 1 aromatic carbocycles. The van der Waals surface area contributed by atoms with Crippen molar-refractivity contribution in [1.82, 2.24) is 4.72 Å². The Morgan fingerprint density at radius 3 is 2.70 bits per heavy atom. The minimum atomic E-state index is -3.43. The first-order valence-corrected chi connectivity index (χ1v) is 8.50. The van der Waals surface area contributed by atoms with Gasteiger partial charge in [0.05, 0.1) is 16.3 Å². The molecule has 112 valence electrons. The van der Waals surface area contributed by atoms with Crippen molar-refractivity contribution in [3.63, 3.8) is 0 Å². The quantitative estimate of drug-likeness (QED) is 0.834. The first kappa shape index (κ1) is 15.1. The molecule has 20 heavy (non-hydrogen) atoms. The fourth-order valence-corrected chi connectivity index (χ4v) is 3.37. The molecule has 0 amide bonds. The number of nitrogens with zero attached hydrogens (tertiary/aromatic N) is 1. The second kappa shape index (κ2) is 6.01. The molecule has 1 saturated heterocycles. The van der Waals surface area contributed by atoms with E-state index in [0.29, 0.717) is 5.69 Å². The zero-order valence-electron chi connectivity index (χ0n) is 12.1. The normalized spacial score (nSPS) is 20.7. The van der Waals surface area contributed by atoms with Crippen molar-refractivity contribution >= 4 is 21.4 Å². The summed E-state index contributed by atoms with van der Waals surface area (Å²) in [4.78, 5) is 2.47. The average Bonchev–Trinajstić information content (AvgIpc) is 2.63. The van der Waals surface area contributed by atoms with Crippen LogP contribution in [0.15, 0.2) is 23.1 Å². The molecule has 0 spiro atoms. The number of hydrogen-bond acceptors (Lipinski definition) is 4. The summed E-state index contributed by atoms with van der Waals surface area (Å²) in [5, 5.41) is 0. The molecule has 3 N–H and O–H groups in total. The topological polar surface area (TPSA) is 75.4 Å². The zero-order valence-corrected chi connectivity index (χ0v) is 12.9. The van der Waals surface area contributed by atoms with Gasteiger partial charge in [-0.1, -0.05) is 6.92 Å². The third-order valence-corrected chi connectivity index (χ3v) is 5.35. The molecule has 0 bridgehead atoms. The summed E-state index contributed by atoms with van der Waals surface area (Å²) in [7, 11) is -2.03. The van der Waals surface area contributed by atoms with Crippen molar-refractivity contribution in [2.45, 2.75) is 31.1 Å². The smallest absolute Gasteiger partial charge is 0.240 e. The minimum Gasteiger partial charge on any atom is -0.397 e. The molecule has 1 heterocycles. The molecule has 2 rings (SSSR count). The molecule has 1 aliphatic rings. The van der Waals surface area contributed by atoms with Crippen LogP contribution in [0.25, 0.3) is 0 Å². The van der Waals surface area contributed by atoms with Crippen LogP contribution in [0.5, 0.6) is 0 Å². The minimum absolute atomic E-state index is 0.212. The lowest BCUT2D eigenvalue weighted by Crippen LogP contribution is -2.25. The molecule has 0 radical (unpaired) electrons. The highest BCUT2D eigenvalue weighted by Gasteiger charge is 2.18. The van der Waals surface area contributed by atoms with E-state index < -0.39 is 10.0 Å². The summed E-state index contributed by atoms with van der Waals surface area (Å²) >= 11 is 0. The Hall–Kier alpha value is -1.27. The monoisotopic (exact) mass is 297 g/mol. The molecule has 1 aliphatic heterocycles. The molecular formula is C14H23N3O2S. The number of nitrogens with two attached hydrogens (primary N) is 1. The highest BCUT2D eigenvalue weighted by Crippen LogP contribution is 2.29. The Morgan fingerprint density at radius 1 is 1.30 bits per heavy atom. The van der Waals surface area contributed by atoms with Crippen LogP contribution in [-0.4, -0.2) is 28.6 Å². The number of benzene rings is 1. The maximum absolute atomic E-state index is 11.8. The second-order valence-electron chi connectivity index (χ2n) is 5.45. The summed E-state index contributed by atoms with van der Waals surface area (Å²) in [5.41, 5.74) is 7.52. The number of hydrogen-bond donors (Lipinski definition) is 2. The van der Waals surface area contributed by atoms with Crippen LogP contribution in [-0.2, 0) is 10.0 Å². The lowest BCUT2D eigenvalue weighted by atomic mass is 10.0. The van der Waals surface area contributed by atoms with Gasteiger partial charge in [-0.25, -0.2) is 13.1 Å². The average molecular weight is 297 g/mol. The van der Waals surface area contributed by atoms with Gasteiger partial charge < -0.3 is 10.6 Å². The van der Waals surface area contributed by atoms with Gasteiger partial charge >= 0.3 is 0 Å². The second-order valence-corrected chi connectivity index (χ2v) is 7.34. The standard InChI is InChI=1S/C14H23N3O2S/c1-11-4-3-8-17(9-7-11)14-6-5-12(10-13(14)15)20(18,19)16-2/h5-6,10-11,16H,3-4,7-9,15H2,1-2H3. The first-order chi connectivity index (χ1) is 9.44. The van der Waals surface area contributed by atoms with Crippen molar-refractivity contribution in [3.8, 4) is 0 Å². The lowest BCUT2D eigenvalue weighted by Gasteiger charge is -2.24. The molecule has 1 fully saturated rings. The highest BCUT2D eigenvalue weighted by atomic mass is 32.2. The molecule has 5 nitrogen and oxygen atoms in total. The highest BCUT2D eigenvalue weighted by molar-refractivity contribution is 7.89. The van der Waals surface area contributed by atoms with Crippen LogP contribution in [0, 0.1) is 5.92 Å². The lowest BCUT2D eigenvalue weighted by molar-refractivity contribution is 0.521. The van der Waals surface area contributed by atoms with Gasteiger partial charge in [0.25, 0.3) is 0 Å². The Balaban J connectivity index is 2.26. The van der Waals surface area contributed by atoms with Gasteiger partial charge in [0.2, 0.25) is 10.0 Å². The molecule has 0 saturated carbocycles. The van der Waals surface area contributed by atoms with Gasteiger partial charge in [0.15, 0.2) is 0 Å². The summed E-state index contributed by atoms with van der Waals surface area (Å²) < 4.78 is 25.8. The summed E-state index contributed by atoms with van der Waals surface area (Å²) in [6, 6.07) is 4.97. The van der Waals surface area contributed by atoms with E-state index in [1.54, 1.807) is 6.07 Å². The molecular weight excluding hydrogens is 274 g/mol. The maximum Gasteiger partial charge on any atom is 0.240 e. The Kier molecular flexibility index (Phi) is 4.55. The number of anilines is 2. The molecule has 0 aromatic heterocycles. The van der Waals surface area contributed by atoms with Gasteiger partial charge in [0.1, 0.15) is 0 Å². The molecule has 0 aliphatic carbocycles. The molecule has 1 atom stereocenters. The van der Waals surface area contributed by atoms with E-state index in [2.05, 4.69) is 16.5 Å². The molecule has 1 aromatic rings. The van der Waals surface area contributed by atoms with Gasteiger partial charge in [0, 0.05) is 13.1 Å². The largest absolute Gasteiger partial charge is 0.397 e. The number of nitrogen functional groups attached to an aromatic ring is 1. The Bertz CT molecular complexity index is 572. The third kappa shape index (κ3) is 3.24. The fraction of sp³-hybridized carbons (Fsp3) is 0.571. The van der Waals surface area contributed by atoms with E-state index in [0.717, 1.165) is 37.5 Å². The SMILES string of the molecule is CNS(=O)(=O)c1ccc(N2CCCC(C)CC2)c(N)c1. The Labute approximate surface area is 121 Å². The third-order valence-electron chi connectivity index (χ3n) is 3.94. The van der Waals surface area contributed by atoms with Crippen molar-refractivity contribution < 1.29 is 8.42 Å². The van der Waals surface area contributed by atoms with Gasteiger partial charge in [-0.3, -0.25) is 0 Å². The predicted octanol–water partition coefficient (Wildman–Crippen LogP) is 1.80. The van der Waals surface area contributed by atoms with Crippen molar-refractivity contribution in [2.75, 3.05) is 30.8 Å². The van der Waals surface area contributed by atoms with Gasteiger partial charge in [-0.05, 0) is 50.4 Å². The first-order valence-electron chi connectivity index (χ1n) is 7.02. The van der Waals surface area contributed by atoms with Gasteiger partial charge in [-0.2, -0.15) is 0 Å². The Morgan fingerprint density at radius 2 is 2.05 bits per heavy atom. The maximum atomic E-state index is 11.8. The predicted molar refractivity (Wildman–Crippen MR) is 82.3 cm³/mol. The molecule has 6 heteroatoms. The molecule has 1 unspecified atom stereocenters. The number of nitrogens with one attached hydrogen (secondary N) is 1. The summed E-state index contributed by atoms with van der Waals surface area (Å²) in [6.07, 6.45) is 3.54. The van der Waals surface area contributed by atoms with Crippen molar-refractivity contribution in [3.05, 3.63) is 18.2 Å². The van der Waals surface area contributed by atoms with E-state index in [9.17, 15) is 8.42 Å². The number of rotatable bonds is 3. The van der Waals surface area contributed by atoms with E-state index in [-0.39, 0.29) is 4.90 Å². The van der Waals surface area contributed by atoms with Crippen LogP contribution in [0.4, 0.5) is 11.4 Å². The van der Waals surface area contributed by atoms with Crippen LogP contribution < -0.4 is 15.4 Å². The van der Waals surface area contributed by atoms with Crippen molar-refractivity contribution in [2.24, 2.45) is 5.92 Å². The van der Waals surface area contributed by atoms with E-state index in [4.69, 9.17) is 5.73 Å². The zero-order chi connectivity index (χ0) is 14.8. The fourth-order valence-electron chi connectivity index (χ4n) is 2.61. The van der Waals surface area contributed by atoms with E-state index >= 15 is 0 Å². The van der Waals surface area contributed by atoms with Crippen LogP contribution >= 0.6 is 0 Å². The van der Waals surface area contributed by atoms with E-state index in [1.807, 2.05) is 6.07 Å². The summed E-state index contributed by atoms with van der Waals surface area (Å²) in [6.45, 7) is 4.23. The van der Waals surface area contributed by atoms with Crippen LogP contribution in [0.2, 0.25) is 0 Å². The van der Waals surface area contributed by atoms with Crippen molar-refractivity contribution in [1.29, 1.82) is 0 Å². The van der Waals surface area contributed by atoms with Crippen LogP contribution in [0.1, 0.15) is 26.2 Å². The van der Waals surface area contributed by atoms with Gasteiger partial charge in [-0.15, -0.1) is 0 Å². The summed E-state index contributed by atoms with van der Waals surface area (Å²) in [5.74, 6) is 0.741. The number of sulfonamides is 1. The van der Waals surface area contributed by atoms with Crippen LogP contribution in [0.3, 0.4) is 0 Å². The van der Waals surface area contributed by atoms with E-state index in [1.165, 1.54) is 19.5 Å².